The Morgan fingerprint density at radius 1 is 0.265 bits per heavy atom. The molecule has 0 saturated heterocycles. The van der Waals surface area contributed by atoms with Crippen LogP contribution < -0.4 is 0 Å². The number of hydrogen-bond donors (Lipinski definition) is 0. The summed E-state index contributed by atoms with van der Waals surface area (Å²) >= 11 is 0. The minimum Gasteiger partial charge on any atom is -0.309 e. The van der Waals surface area contributed by atoms with Crippen molar-refractivity contribution >= 4 is 55.0 Å². The molecule has 0 saturated carbocycles. The van der Waals surface area contributed by atoms with Crippen molar-refractivity contribution in [3.63, 3.8) is 0 Å². The number of fused-ring (bicyclic) bond motifs is 6. The summed E-state index contributed by atoms with van der Waals surface area (Å²) in [6, 6.07) is 115. The Bertz CT molecular complexity index is 5630. The Morgan fingerprint density at radius 3 is 1.03 bits per heavy atom. The molecule has 0 aliphatic rings. The minimum absolute atomic E-state index is 0.426. The zero-order valence-electron chi connectivity index (χ0n) is 52.8. The average Bonchev–Trinajstić information content (AvgIpc) is 1.58. The van der Waals surface area contributed by atoms with E-state index in [2.05, 4.69) is 243 Å². The standard InChI is InChI=1S/C90H54N8/c1-92-73-33-19-31-69(50-73)76-56-72(41-47-83(76)98-86-44-38-65(61-25-11-5-12-26-61)53-79(86)80-54-66(39-45-87(80)98)62-27-13-6-14-28-62)90-95-88(70-32-18-30-68(49-70)74-34-15-16-35-81(74)93-2)94-89(96-90)71-40-46-82(75(55-71)67-29-17-20-58(48-67)57-91)97-84-42-36-63(59-21-7-3-8-22-59)51-77(84)78-52-64(37-43-85(78)97)60-23-9-4-10-24-60/h3-56H. The smallest absolute Gasteiger partial charge is 0.194 e. The monoisotopic (exact) mass is 1250 g/mol. The van der Waals surface area contributed by atoms with Gasteiger partial charge in [0.15, 0.2) is 28.8 Å². The first-order valence-electron chi connectivity index (χ1n) is 32.4. The predicted octanol–water partition coefficient (Wildman–Crippen LogP) is 23.7. The van der Waals surface area contributed by atoms with Crippen molar-refractivity contribution in [3.05, 3.63) is 356 Å². The van der Waals surface area contributed by atoms with E-state index in [-0.39, 0.29) is 0 Å². The van der Waals surface area contributed by atoms with Gasteiger partial charge in [0.05, 0.1) is 58.2 Å². The number of para-hydroxylation sites is 1. The fraction of sp³-hybridized carbons (Fsp3) is 0. The van der Waals surface area contributed by atoms with Gasteiger partial charge >= 0.3 is 0 Å². The Morgan fingerprint density at radius 2 is 0.612 bits per heavy atom. The van der Waals surface area contributed by atoms with Crippen LogP contribution in [0.25, 0.3) is 177 Å². The highest BCUT2D eigenvalue weighted by Gasteiger charge is 2.24. The summed E-state index contributed by atoms with van der Waals surface area (Å²) in [4.78, 5) is 24.2. The van der Waals surface area contributed by atoms with Crippen LogP contribution in [0.15, 0.2) is 328 Å². The molecule has 14 aromatic carbocycles. The van der Waals surface area contributed by atoms with E-state index in [4.69, 9.17) is 28.1 Å². The van der Waals surface area contributed by atoms with Crippen LogP contribution in [0.3, 0.4) is 0 Å². The third-order valence-electron chi connectivity index (χ3n) is 18.6. The largest absolute Gasteiger partial charge is 0.309 e. The molecule has 0 bridgehead atoms. The lowest BCUT2D eigenvalue weighted by Gasteiger charge is -2.18. The molecule has 0 fully saturated rings. The highest BCUT2D eigenvalue weighted by Crippen LogP contribution is 2.45. The van der Waals surface area contributed by atoms with E-state index in [1.165, 1.54) is 0 Å². The summed E-state index contributed by atoms with van der Waals surface area (Å²) in [5, 5.41) is 14.9. The molecule has 3 heterocycles. The second-order valence-corrected chi connectivity index (χ2v) is 24.4. The highest BCUT2D eigenvalue weighted by atomic mass is 15.0. The number of hydrogen-bond acceptors (Lipinski definition) is 4. The van der Waals surface area contributed by atoms with Crippen molar-refractivity contribution in [2.24, 2.45) is 0 Å². The third-order valence-corrected chi connectivity index (χ3v) is 18.6. The maximum atomic E-state index is 10.5. The molecular weight excluding hydrogens is 1190 g/mol. The van der Waals surface area contributed by atoms with Crippen molar-refractivity contribution in [2.45, 2.75) is 0 Å². The van der Waals surface area contributed by atoms with Crippen molar-refractivity contribution in [1.29, 1.82) is 5.26 Å². The fourth-order valence-corrected chi connectivity index (χ4v) is 13.9. The fourth-order valence-electron chi connectivity index (χ4n) is 13.9. The van der Waals surface area contributed by atoms with Gasteiger partial charge in [-0.3, -0.25) is 0 Å². The Kier molecular flexibility index (Phi) is 14.5. The Hall–Kier alpha value is -13.8. The van der Waals surface area contributed by atoms with Crippen LogP contribution in [-0.4, -0.2) is 24.1 Å². The third kappa shape index (κ3) is 10.5. The molecule has 0 aliphatic heterocycles. The van der Waals surface area contributed by atoms with Crippen molar-refractivity contribution < 1.29 is 0 Å². The maximum Gasteiger partial charge on any atom is 0.194 e. The number of nitriles is 1. The molecule has 0 aliphatic carbocycles. The van der Waals surface area contributed by atoms with E-state index in [1.54, 1.807) is 0 Å². The number of nitrogens with zero attached hydrogens (tertiary/aromatic N) is 8. The Balaban J connectivity index is 0.892. The van der Waals surface area contributed by atoms with Gasteiger partial charge in [-0.1, -0.05) is 218 Å². The van der Waals surface area contributed by atoms with Gasteiger partial charge in [0.2, 0.25) is 0 Å². The molecule has 0 N–H and O–H groups in total. The molecule has 98 heavy (non-hydrogen) atoms. The molecular formula is C90H54N8. The van der Waals surface area contributed by atoms with E-state index in [9.17, 15) is 5.26 Å². The van der Waals surface area contributed by atoms with Gasteiger partial charge in [0.25, 0.3) is 0 Å². The van der Waals surface area contributed by atoms with Gasteiger partial charge < -0.3 is 9.13 Å². The van der Waals surface area contributed by atoms with Crippen LogP contribution in [0.5, 0.6) is 0 Å². The molecule has 17 rings (SSSR count). The van der Waals surface area contributed by atoms with Gasteiger partial charge in [-0.05, 0) is 176 Å². The normalized spacial score (nSPS) is 11.2. The van der Waals surface area contributed by atoms with Gasteiger partial charge in [0.1, 0.15) is 0 Å². The predicted molar refractivity (Wildman–Crippen MR) is 400 cm³/mol. The van der Waals surface area contributed by atoms with E-state index in [0.717, 1.165) is 150 Å². The molecule has 8 nitrogen and oxygen atoms in total. The van der Waals surface area contributed by atoms with Crippen LogP contribution >= 0.6 is 0 Å². The lowest BCUT2D eigenvalue weighted by Crippen LogP contribution is -2.03. The summed E-state index contributed by atoms with van der Waals surface area (Å²) in [6.45, 7) is 16.3. The number of benzene rings is 14. The van der Waals surface area contributed by atoms with Crippen LogP contribution in [0.2, 0.25) is 0 Å². The molecule has 0 amide bonds. The number of rotatable bonds is 12. The van der Waals surface area contributed by atoms with Gasteiger partial charge in [0, 0.05) is 49.4 Å². The highest BCUT2D eigenvalue weighted by molar-refractivity contribution is 6.14. The molecule has 3 aromatic heterocycles. The van der Waals surface area contributed by atoms with Crippen LogP contribution in [-0.2, 0) is 0 Å². The van der Waals surface area contributed by atoms with Crippen LogP contribution in [0.1, 0.15) is 5.56 Å². The summed E-state index contributed by atoms with van der Waals surface area (Å²) in [7, 11) is 0. The first kappa shape index (κ1) is 58.0. The SMILES string of the molecule is [C-]#[N+]c1cccc(-c2cc(-c3nc(-c4cccc(-c5ccccc5[N+]#[C-])c4)nc(-c4ccc(-n5c6ccc(-c7ccccc7)cc6c6cc(-c7ccccc7)ccc65)c(-c5cccc(C#N)c5)c4)n3)ccc2-n2c3ccc(-c4ccccc4)cc3c3cc(-c4ccccc4)ccc32)c1. The maximum absolute atomic E-state index is 10.5. The molecule has 17 aromatic rings. The van der Waals surface area contributed by atoms with Gasteiger partial charge in [-0.2, -0.15) is 5.26 Å². The van der Waals surface area contributed by atoms with E-state index in [1.807, 2.05) is 109 Å². The van der Waals surface area contributed by atoms with E-state index < -0.39 is 0 Å². The second-order valence-electron chi connectivity index (χ2n) is 24.4. The lowest BCUT2D eigenvalue weighted by molar-refractivity contribution is 1.07. The molecule has 454 valence electrons. The second kappa shape index (κ2) is 24.6. The van der Waals surface area contributed by atoms with Gasteiger partial charge in [-0.25, -0.2) is 24.6 Å². The zero-order chi connectivity index (χ0) is 65.6. The Labute approximate surface area is 566 Å². The first-order valence-corrected chi connectivity index (χ1v) is 32.4. The average molecular weight is 1250 g/mol. The zero-order valence-corrected chi connectivity index (χ0v) is 52.8. The molecule has 0 spiro atoms. The van der Waals surface area contributed by atoms with Crippen molar-refractivity contribution in [2.75, 3.05) is 0 Å². The van der Waals surface area contributed by atoms with Crippen LogP contribution in [0, 0.1) is 24.5 Å². The van der Waals surface area contributed by atoms with E-state index in [0.29, 0.717) is 34.4 Å². The van der Waals surface area contributed by atoms with Crippen molar-refractivity contribution in [1.82, 2.24) is 24.1 Å². The molecule has 0 atom stereocenters. The van der Waals surface area contributed by atoms with Gasteiger partial charge in [-0.15, -0.1) is 0 Å². The summed E-state index contributed by atoms with van der Waals surface area (Å²) < 4.78 is 4.69. The lowest BCUT2D eigenvalue weighted by atomic mass is 9.98. The topological polar surface area (TPSA) is 81.0 Å². The quantitative estimate of drug-likeness (QED) is 0.114. The molecule has 0 unspecified atom stereocenters. The number of aromatic nitrogens is 5. The van der Waals surface area contributed by atoms with Crippen molar-refractivity contribution in [3.8, 4) is 129 Å². The molecule has 0 radical (unpaired) electrons. The summed E-state index contributed by atoms with van der Waals surface area (Å²) in [5.41, 5.74) is 23.7. The van der Waals surface area contributed by atoms with Crippen LogP contribution in [0.4, 0.5) is 11.4 Å². The first-order chi connectivity index (χ1) is 48.4. The molecule has 8 heteroatoms. The minimum atomic E-state index is 0.426. The van der Waals surface area contributed by atoms with E-state index >= 15 is 0 Å². The summed E-state index contributed by atoms with van der Waals surface area (Å²) in [5.74, 6) is 1.28. The summed E-state index contributed by atoms with van der Waals surface area (Å²) in [6.07, 6.45) is 0.